The minimum atomic E-state index is -0.263. The van der Waals surface area contributed by atoms with Gasteiger partial charge in [0, 0.05) is 23.1 Å². The fourth-order valence-corrected chi connectivity index (χ4v) is 2.72. The van der Waals surface area contributed by atoms with Gasteiger partial charge < -0.3 is 10.6 Å². The van der Waals surface area contributed by atoms with Gasteiger partial charge in [0.25, 0.3) is 5.91 Å². The zero-order valence-corrected chi connectivity index (χ0v) is 15.1. The Morgan fingerprint density at radius 1 is 1.12 bits per heavy atom. The summed E-state index contributed by atoms with van der Waals surface area (Å²) in [5, 5.41) is 5.90. The van der Waals surface area contributed by atoms with Crippen LogP contribution in [-0.4, -0.2) is 20.9 Å². The molecule has 3 aromatic rings. The molecular weight excluding hydrogens is 382 g/mol. The highest BCUT2D eigenvalue weighted by Crippen LogP contribution is 2.23. The van der Waals surface area contributed by atoms with Gasteiger partial charge in [0.15, 0.2) is 0 Å². The largest absolute Gasteiger partial charge is 0.349 e. The molecule has 0 unspecified atom stereocenters. The van der Waals surface area contributed by atoms with Crippen molar-refractivity contribution in [3.8, 4) is 0 Å². The van der Waals surface area contributed by atoms with Gasteiger partial charge in [-0.2, -0.15) is 0 Å². The first-order valence-corrected chi connectivity index (χ1v) is 8.44. The zero-order chi connectivity index (χ0) is 17.6. The second-order valence-electron chi connectivity index (χ2n) is 5.41. The van der Waals surface area contributed by atoms with Crippen molar-refractivity contribution in [1.82, 2.24) is 15.0 Å². The molecule has 3 rings (SSSR count). The Kier molecular flexibility index (Phi) is 5.35. The van der Waals surface area contributed by atoms with E-state index in [9.17, 15) is 4.79 Å². The summed E-state index contributed by atoms with van der Waals surface area (Å²) in [6, 6.07) is 11.4. The summed E-state index contributed by atoms with van der Waals surface area (Å²) in [5.74, 6) is 0.180. The Morgan fingerprint density at radius 3 is 2.60 bits per heavy atom. The number of halogens is 1. The van der Waals surface area contributed by atoms with Gasteiger partial charge in [-0.05, 0) is 52.7 Å². The van der Waals surface area contributed by atoms with E-state index >= 15 is 0 Å². The number of carbonyl (C=O) groups excluding carboxylic acids is 1. The first kappa shape index (κ1) is 17.0. The van der Waals surface area contributed by atoms with Crippen molar-refractivity contribution < 1.29 is 4.79 Å². The van der Waals surface area contributed by atoms with Crippen molar-refractivity contribution in [2.45, 2.75) is 13.5 Å². The predicted molar refractivity (Wildman–Crippen MR) is 100 cm³/mol. The van der Waals surface area contributed by atoms with Crippen LogP contribution in [-0.2, 0) is 6.54 Å². The highest BCUT2D eigenvalue weighted by Gasteiger charge is 2.10. The first-order chi connectivity index (χ1) is 12.1. The molecule has 0 atom stereocenters. The molecule has 1 amide bonds. The van der Waals surface area contributed by atoms with Gasteiger partial charge in [-0.25, -0.2) is 9.97 Å². The van der Waals surface area contributed by atoms with Crippen molar-refractivity contribution >= 4 is 33.5 Å². The summed E-state index contributed by atoms with van der Waals surface area (Å²) >= 11 is 3.44. The van der Waals surface area contributed by atoms with Crippen LogP contribution in [0.25, 0.3) is 0 Å². The van der Waals surface area contributed by atoms with E-state index in [0.717, 1.165) is 15.7 Å². The molecule has 2 N–H and O–H groups in total. The molecule has 2 aromatic heterocycles. The van der Waals surface area contributed by atoms with Gasteiger partial charge in [0.05, 0.1) is 23.5 Å². The lowest BCUT2D eigenvalue weighted by atomic mass is 10.2. The number of nitrogens with one attached hydrogen (secondary N) is 2. The fraction of sp³-hybridized carbons (Fsp3) is 0.111. The molecule has 0 aliphatic rings. The van der Waals surface area contributed by atoms with Gasteiger partial charge in [0.2, 0.25) is 5.95 Å². The van der Waals surface area contributed by atoms with Crippen molar-refractivity contribution in [1.29, 1.82) is 0 Å². The molecule has 0 radical (unpaired) electrons. The lowest BCUT2D eigenvalue weighted by Gasteiger charge is -2.08. The maximum Gasteiger partial charge on any atom is 0.258 e. The summed E-state index contributed by atoms with van der Waals surface area (Å²) in [6.07, 6.45) is 4.71. The zero-order valence-electron chi connectivity index (χ0n) is 13.5. The highest BCUT2D eigenvalue weighted by atomic mass is 79.9. The van der Waals surface area contributed by atoms with E-state index in [1.54, 1.807) is 6.20 Å². The quantitative estimate of drug-likeness (QED) is 0.684. The Bertz CT molecular complexity index is 868. The number of nitrogens with zero attached hydrogens (tertiary/aromatic N) is 3. The molecule has 2 heterocycles. The highest BCUT2D eigenvalue weighted by molar-refractivity contribution is 9.10. The Morgan fingerprint density at radius 2 is 1.92 bits per heavy atom. The molecule has 0 aliphatic heterocycles. The van der Waals surface area contributed by atoms with Crippen LogP contribution in [0.2, 0.25) is 0 Å². The van der Waals surface area contributed by atoms with Crippen molar-refractivity contribution in [3.05, 3.63) is 76.3 Å². The SMILES string of the molecule is Cc1ccc(NC(=O)c2cnc(NCc3ccccn3)nc2)c(Br)c1. The average molecular weight is 398 g/mol. The third kappa shape index (κ3) is 4.60. The summed E-state index contributed by atoms with van der Waals surface area (Å²) in [7, 11) is 0. The van der Waals surface area contributed by atoms with Crippen molar-refractivity contribution in [2.75, 3.05) is 10.6 Å². The normalized spacial score (nSPS) is 10.3. The smallest absolute Gasteiger partial charge is 0.258 e. The number of benzene rings is 1. The van der Waals surface area contributed by atoms with Gasteiger partial charge in [-0.15, -0.1) is 0 Å². The van der Waals surface area contributed by atoms with E-state index in [2.05, 4.69) is 41.5 Å². The summed E-state index contributed by atoms with van der Waals surface area (Å²) < 4.78 is 0.829. The second kappa shape index (κ2) is 7.85. The van der Waals surface area contributed by atoms with E-state index in [4.69, 9.17) is 0 Å². The predicted octanol–water partition coefficient (Wildman–Crippen LogP) is 3.81. The molecular formula is C18H16BrN5O. The first-order valence-electron chi connectivity index (χ1n) is 7.65. The number of rotatable bonds is 5. The van der Waals surface area contributed by atoms with Crippen LogP contribution in [0.4, 0.5) is 11.6 Å². The Labute approximate surface area is 153 Å². The second-order valence-corrected chi connectivity index (χ2v) is 6.26. The number of hydrogen-bond donors (Lipinski definition) is 2. The number of anilines is 2. The van der Waals surface area contributed by atoms with Crippen LogP contribution < -0.4 is 10.6 Å². The van der Waals surface area contributed by atoms with Crippen LogP contribution >= 0.6 is 15.9 Å². The van der Waals surface area contributed by atoms with E-state index in [-0.39, 0.29) is 5.91 Å². The summed E-state index contributed by atoms with van der Waals surface area (Å²) in [6.45, 7) is 2.50. The molecule has 0 saturated carbocycles. The van der Waals surface area contributed by atoms with E-state index in [1.165, 1.54) is 12.4 Å². The number of pyridine rings is 1. The lowest BCUT2D eigenvalue weighted by molar-refractivity contribution is 0.102. The van der Waals surface area contributed by atoms with Gasteiger partial charge in [-0.3, -0.25) is 9.78 Å². The topological polar surface area (TPSA) is 79.8 Å². The van der Waals surface area contributed by atoms with Crippen LogP contribution in [0.5, 0.6) is 0 Å². The molecule has 0 aliphatic carbocycles. The number of aromatic nitrogens is 3. The number of carbonyl (C=O) groups is 1. The molecule has 0 bridgehead atoms. The summed E-state index contributed by atoms with van der Waals surface area (Å²) in [5.41, 5.74) is 3.08. The number of amides is 1. The van der Waals surface area contributed by atoms with Crippen LogP contribution in [0.15, 0.2) is 59.5 Å². The lowest BCUT2D eigenvalue weighted by Crippen LogP contribution is -2.14. The van der Waals surface area contributed by atoms with E-state index in [1.807, 2.05) is 43.3 Å². The van der Waals surface area contributed by atoms with Crippen LogP contribution in [0.1, 0.15) is 21.6 Å². The van der Waals surface area contributed by atoms with Crippen LogP contribution in [0.3, 0.4) is 0 Å². The molecule has 0 fully saturated rings. The summed E-state index contributed by atoms with van der Waals surface area (Å²) in [4.78, 5) is 24.9. The standard InChI is InChI=1S/C18H16BrN5O/c1-12-5-6-16(15(19)8-12)24-17(25)13-9-21-18(22-10-13)23-11-14-4-2-3-7-20-14/h2-10H,11H2,1H3,(H,24,25)(H,21,22,23). The molecule has 1 aromatic carbocycles. The van der Waals surface area contributed by atoms with Crippen LogP contribution in [0, 0.1) is 6.92 Å². The van der Waals surface area contributed by atoms with E-state index in [0.29, 0.717) is 23.7 Å². The molecule has 25 heavy (non-hydrogen) atoms. The molecule has 6 nitrogen and oxygen atoms in total. The van der Waals surface area contributed by atoms with Gasteiger partial charge >= 0.3 is 0 Å². The molecule has 126 valence electrons. The average Bonchev–Trinajstić information content (AvgIpc) is 2.63. The van der Waals surface area contributed by atoms with Crippen molar-refractivity contribution in [2.24, 2.45) is 0 Å². The third-order valence-corrected chi connectivity index (χ3v) is 4.10. The third-order valence-electron chi connectivity index (χ3n) is 3.44. The molecule has 0 saturated heterocycles. The Hall–Kier alpha value is -2.80. The maximum absolute atomic E-state index is 12.3. The molecule has 0 spiro atoms. The maximum atomic E-state index is 12.3. The fourth-order valence-electron chi connectivity index (χ4n) is 2.12. The minimum Gasteiger partial charge on any atom is -0.349 e. The van der Waals surface area contributed by atoms with E-state index < -0.39 is 0 Å². The van der Waals surface area contributed by atoms with Gasteiger partial charge in [0.1, 0.15) is 0 Å². The monoisotopic (exact) mass is 397 g/mol. The molecule has 7 heteroatoms. The Balaban J connectivity index is 1.62. The minimum absolute atomic E-state index is 0.263. The van der Waals surface area contributed by atoms with Gasteiger partial charge in [-0.1, -0.05) is 12.1 Å². The number of aryl methyl sites for hydroxylation is 1. The van der Waals surface area contributed by atoms with Crippen molar-refractivity contribution in [3.63, 3.8) is 0 Å². The number of hydrogen-bond acceptors (Lipinski definition) is 5.